The van der Waals surface area contributed by atoms with Crippen LogP contribution >= 0.6 is 11.8 Å². The van der Waals surface area contributed by atoms with Crippen LogP contribution in [0.25, 0.3) is 0 Å². The molecule has 0 aliphatic carbocycles. The van der Waals surface area contributed by atoms with Crippen LogP contribution in [0.5, 0.6) is 5.75 Å². The lowest BCUT2D eigenvalue weighted by atomic mass is 10.1. The Hall–Kier alpha value is -1.53. The van der Waals surface area contributed by atoms with Gasteiger partial charge in [-0.05, 0) is 24.6 Å². The summed E-state index contributed by atoms with van der Waals surface area (Å²) in [5, 5.41) is 13.8. The fourth-order valence-corrected chi connectivity index (χ4v) is 4.19. The molecule has 1 atom stereocenters. The first-order valence-electron chi connectivity index (χ1n) is 9.75. The Morgan fingerprint density at radius 2 is 1.78 bits per heavy atom. The van der Waals surface area contributed by atoms with E-state index in [1.807, 2.05) is 36.0 Å². The predicted octanol–water partition coefficient (Wildman–Crippen LogP) is 2.81. The molecular weight excluding hydrogens is 356 g/mol. The van der Waals surface area contributed by atoms with Gasteiger partial charge in [-0.15, -0.1) is 0 Å². The Morgan fingerprint density at radius 3 is 2.59 bits per heavy atom. The van der Waals surface area contributed by atoms with Crippen molar-refractivity contribution in [2.45, 2.75) is 19.1 Å². The molecule has 0 amide bonds. The Labute approximate surface area is 166 Å². The van der Waals surface area contributed by atoms with E-state index in [-0.39, 0.29) is 0 Å². The summed E-state index contributed by atoms with van der Waals surface area (Å²) in [6.07, 6.45) is 0.559. The van der Waals surface area contributed by atoms with E-state index >= 15 is 0 Å². The number of rotatable bonds is 10. The Kier molecular flexibility index (Phi) is 8.49. The van der Waals surface area contributed by atoms with E-state index in [9.17, 15) is 5.11 Å². The van der Waals surface area contributed by atoms with Crippen molar-refractivity contribution in [3.63, 3.8) is 0 Å². The Bertz CT molecular complexity index is 662. The molecule has 0 radical (unpaired) electrons. The number of thioether (sulfide) groups is 1. The number of hydrogen-bond donors (Lipinski definition) is 2. The molecule has 1 saturated heterocycles. The fourth-order valence-electron chi connectivity index (χ4n) is 3.21. The minimum absolute atomic E-state index is 0.338. The van der Waals surface area contributed by atoms with E-state index in [2.05, 4.69) is 40.5 Å². The molecule has 2 aromatic rings. The molecule has 2 aromatic carbocycles. The lowest BCUT2D eigenvalue weighted by Crippen LogP contribution is -2.40. The largest absolute Gasteiger partial charge is 0.491 e. The quantitative estimate of drug-likeness (QED) is 0.615. The second kappa shape index (κ2) is 11.3. The standard InChI is InChI=1S/C22H30N2O2S/c25-21(17-24-12-14-27-15-13-24)18-26-22-9-5-4-8-20(22)16-23-11-10-19-6-2-1-3-7-19/h1-9,21,23,25H,10-18H2/t21-/m1/s1. The smallest absolute Gasteiger partial charge is 0.123 e. The van der Waals surface area contributed by atoms with Gasteiger partial charge in [0.15, 0.2) is 0 Å². The van der Waals surface area contributed by atoms with Crippen LogP contribution in [0, 0.1) is 0 Å². The summed E-state index contributed by atoms with van der Waals surface area (Å²) < 4.78 is 5.93. The normalized spacial score (nSPS) is 16.2. The number of nitrogens with zero attached hydrogens (tertiary/aromatic N) is 1. The first-order chi connectivity index (χ1) is 13.3. The molecule has 0 unspecified atom stereocenters. The van der Waals surface area contributed by atoms with Gasteiger partial charge in [0.1, 0.15) is 18.5 Å². The maximum atomic E-state index is 10.3. The highest BCUT2D eigenvalue weighted by atomic mass is 32.2. The SMILES string of the molecule is O[C@@H](COc1ccccc1CNCCc1ccccc1)CN1CCSCC1. The zero-order chi connectivity index (χ0) is 18.7. The molecule has 4 nitrogen and oxygen atoms in total. The fraction of sp³-hybridized carbons (Fsp3) is 0.455. The molecule has 1 aliphatic heterocycles. The van der Waals surface area contributed by atoms with Crippen molar-refractivity contribution in [3.8, 4) is 5.75 Å². The molecule has 0 spiro atoms. The van der Waals surface area contributed by atoms with Crippen LogP contribution < -0.4 is 10.1 Å². The highest BCUT2D eigenvalue weighted by Gasteiger charge is 2.15. The molecule has 27 heavy (non-hydrogen) atoms. The van der Waals surface area contributed by atoms with Gasteiger partial charge in [0, 0.05) is 43.2 Å². The van der Waals surface area contributed by atoms with Crippen molar-refractivity contribution >= 4 is 11.8 Å². The van der Waals surface area contributed by atoms with E-state index in [1.165, 1.54) is 5.56 Å². The molecule has 1 fully saturated rings. The maximum Gasteiger partial charge on any atom is 0.123 e. The second-order valence-corrected chi connectivity index (χ2v) is 8.12. The average molecular weight is 387 g/mol. The van der Waals surface area contributed by atoms with Crippen molar-refractivity contribution < 1.29 is 9.84 Å². The third-order valence-corrected chi connectivity index (χ3v) is 5.67. The first-order valence-corrected chi connectivity index (χ1v) is 10.9. The average Bonchev–Trinajstić information content (AvgIpc) is 2.72. The molecule has 2 N–H and O–H groups in total. The summed E-state index contributed by atoms with van der Waals surface area (Å²) in [6, 6.07) is 18.6. The number of hydrogen-bond acceptors (Lipinski definition) is 5. The summed E-state index contributed by atoms with van der Waals surface area (Å²) in [5.41, 5.74) is 2.47. The maximum absolute atomic E-state index is 10.3. The predicted molar refractivity (Wildman–Crippen MR) is 114 cm³/mol. The second-order valence-electron chi connectivity index (χ2n) is 6.90. The van der Waals surface area contributed by atoms with Gasteiger partial charge in [0.25, 0.3) is 0 Å². The topological polar surface area (TPSA) is 44.7 Å². The summed E-state index contributed by atoms with van der Waals surface area (Å²) in [6.45, 7) is 4.84. The molecule has 5 heteroatoms. The molecule has 1 aliphatic rings. The lowest BCUT2D eigenvalue weighted by molar-refractivity contribution is 0.0711. The zero-order valence-electron chi connectivity index (χ0n) is 15.8. The zero-order valence-corrected chi connectivity index (χ0v) is 16.7. The first kappa shape index (κ1) is 20.2. The van der Waals surface area contributed by atoms with E-state index < -0.39 is 6.10 Å². The van der Waals surface area contributed by atoms with Crippen LogP contribution in [0.4, 0.5) is 0 Å². The highest BCUT2D eigenvalue weighted by Crippen LogP contribution is 2.18. The van der Waals surface area contributed by atoms with Crippen LogP contribution in [0.15, 0.2) is 54.6 Å². The third-order valence-electron chi connectivity index (χ3n) is 4.73. The monoisotopic (exact) mass is 386 g/mol. The summed E-state index contributed by atoms with van der Waals surface area (Å²) in [7, 11) is 0. The van der Waals surface area contributed by atoms with Gasteiger partial charge < -0.3 is 15.2 Å². The van der Waals surface area contributed by atoms with Crippen molar-refractivity contribution in [1.29, 1.82) is 0 Å². The minimum Gasteiger partial charge on any atom is -0.491 e. The van der Waals surface area contributed by atoms with Gasteiger partial charge >= 0.3 is 0 Å². The van der Waals surface area contributed by atoms with Crippen molar-refractivity contribution in [1.82, 2.24) is 10.2 Å². The highest BCUT2D eigenvalue weighted by molar-refractivity contribution is 7.99. The summed E-state index contributed by atoms with van der Waals surface area (Å²) in [4.78, 5) is 2.32. The molecule has 146 valence electrons. The number of nitrogens with one attached hydrogen (secondary N) is 1. The van der Waals surface area contributed by atoms with Crippen LogP contribution in [0.1, 0.15) is 11.1 Å². The van der Waals surface area contributed by atoms with Crippen LogP contribution in [0.3, 0.4) is 0 Å². The minimum atomic E-state index is -0.452. The van der Waals surface area contributed by atoms with Gasteiger partial charge in [-0.1, -0.05) is 48.5 Å². The van der Waals surface area contributed by atoms with Gasteiger partial charge in [0.2, 0.25) is 0 Å². The molecule has 1 heterocycles. The van der Waals surface area contributed by atoms with Crippen LogP contribution in [0.2, 0.25) is 0 Å². The van der Waals surface area contributed by atoms with Gasteiger partial charge in [0.05, 0.1) is 0 Å². The molecule has 0 bridgehead atoms. The van der Waals surface area contributed by atoms with Gasteiger partial charge in [-0.2, -0.15) is 11.8 Å². The number of β-amino-alcohol motifs (C(OH)–C–C–N with tert-alkyl or cyclic N) is 1. The number of aliphatic hydroxyl groups is 1. The lowest BCUT2D eigenvalue weighted by Gasteiger charge is -2.28. The van der Waals surface area contributed by atoms with Gasteiger partial charge in [-0.25, -0.2) is 0 Å². The number of para-hydroxylation sites is 1. The van der Waals surface area contributed by atoms with Crippen molar-refractivity contribution in [2.75, 3.05) is 44.3 Å². The van der Waals surface area contributed by atoms with E-state index in [4.69, 9.17) is 4.74 Å². The van der Waals surface area contributed by atoms with Crippen LogP contribution in [-0.2, 0) is 13.0 Å². The third kappa shape index (κ3) is 7.18. The van der Waals surface area contributed by atoms with E-state index in [0.717, 1.165) is 55.4 Å². The molecule has 0 aromatic heterocycles. The Balaban J connectivity index is 1.41. The van der Waals surface area contributed by atoms with E-state index in [1.54, 1.807) is 0 Å². The number of aliphatic hydroxyl groups excluding tert-OH is 1. The van der Waals surface area contributed by atoms with Crippen molar-refractivity contribution in [2.24, 2.45) is 0 Å². The van der Waals surface area contributed by atoms with Gasteiger partial charge in [-0.3, -0.25) is 4.90 Å². The number of benzene rings is 2. The van der Waals surface area contributed by atoms with Crippen molar-refractivity contribution in [3.05, 3.63) is 65.7 Å². The molecular formula is C22H30N2O2S. The number of ether oxygens (including phenoxy) is 1. The molecule has 3 rings (SSSR count). The molecule has 0 saturated carbocycles. The Morgan fingerprint density at radius 1 is 1.04 bits per heavy atom. The summed E-state index contributed by atoms with van der Waals surface area (Å²) in [5.74, 6) is 3.17. The van der Waals surface area contributed by atoms with Crippen LogP contribution in [-0.4, -0.2) is 60.4 Å². The van der Waals surface area contributed by atoms with E-state index in [0.29, 0.717) is 13.2 Å². The summed E-state index contributed by atoms with van der Waals surface area (Å²) >= 11 is 1.98.